The van der Waals surface area contributed by atoms with Gasteiger partial charge in [0.15, 0.2) is 0 Å². The highest BCUT2D eigenvalue weighted by Crippen LogP contribution is 2.16. The van der Waals surface area contributed by atoms with Crippen LogP contribution in [0.3, 0.4) is 0 Å². The minimum atomic E-state index is -3.59. The van der Waals surface area contributed by atoms with E-state index >= 15 is 0 Å². The van der Waals surface area contributed by atoms with Crippen LogP contribution in [0.15, 0.2) is 23.1 Å². The fourth-order valence-electron chi connectivity index (χ4n) is 2.72. The molecule has 7 heteroatoms. The molecular weight excluding hydrogens is 314 g/mol. The molecular formula is C16H25N3O3S. The Labute approximate surface area is 138 Å². The summed E-state index contributed by atoms with van der Waals surface area (Å²) >= 11 is 0. The van der Waals surface area contributed by atoms with Crippen molar-refractivity contribution in [2.75, 3.05) is 26.2 Å². The van der Waals surface area contributed by atoms with Gasteiger partial charge in [0.25, 0.3) is 0 Å². The van der Waals surface area contributed by atoms with Crippen LogP contribution < -0.4 is 10.0 Å². The number of nitrogens with one attached hydrogen (secondary N) is 2. The Balaban J connectivity index is 1.94. The first-order valence-corrected chi connectivity index (χ1v) is 9.36. The first-order valence-electron chi connectivity index (χ1n) is 7.88. The number of benzene rings is 1. The van der Waals surface area contributed by atoms with Crippen molar-refractivity contribution < 1.29 is 13.2 Å². The largest absolute Gasteiger partial charge is 0.337 e. The molecule has 1 aliphatic heterocycles. The summed E-state index contributed by atoms with van der Waals surface area (Å²) in [5.74, 6) is -0.0114. The van der Waals surface area contributed by atoms with Gasteiger partial charge in [0.05, 0.1) is 4.90 Å². The van der Waals surface area contributed by atoms with Gasteiger partial charge in [0.1, 0.15) is 0 Å². The zero-order valence-corrected chi connectivity index (χ0v) is 14.7. The molecule has 23 heavy (non-hydrogen) atoms. The fraction of sp³-hybridized carbons (Fsp3) is 0.562. The summed E-state index contributed by atoms with van der Waals surface area (Å²) in [7, 11) is -3.59. The second-order valence-corrected chi connectivity index (χ2v) is 7.79. The van der Waals surface area contributed by atoms with Crippen LogP contribution in [0.2, 0.25) is 0 Å². The van der Waals surface area contributed by atoms with Gasteiger partial charge in [-0.1, -0.05) is 12.1 Å². The first kappa shape index (κ1) is 17.9. The molecule has 0 aromatic heterocycles. The number of carbonyl (C=O) groups is 1. The molecule has 1 amide bonds. The summed E-state index contributed by atoms with van der Waals surface area (Å²) in [5.41, 5.74) is 1.59. The van der Waals surface area contributed by atoms with Crippen LogP contribution in [0.25, 0.3) is 0 Å². The molecule has 1 fully saturated rings. The molecule has 2 rings (SSSR count). The molecule has 1 aromatic rings. The maximum absolute atomic E-state index is 12.4. The predicted octanol–water partition coefficient (Wildman–Crippen LogP) is 0.792. The number of hydrogen-bond donors (Lipinski definition) is 2. The standard InChI is InChI=1S/C16H25N3O3S/c1-12-4-5-13(2)15(10-12)23(21,22)18-7-6-16(20)19-9-8-17-11-14(19)3/h4-5,10,14,17-18H,6-9,11H2,1-3H3/t14-/m1/s1. The molecule has 0 unspecified atom stereocenters. The third-order valence-corrected chi connectivity index (χ3v) is 5.69. The van der Waals surface area contributed by atoms with Crippen molar-refractivity contribution in [3.05, 3.63) is 29.3 Å². The lowest BCUT2D eigenvalue weighted by atomic mass is 10.2. The van der Waals surface area contributed by atoms with E-state index in [-0.39, 0.29) is 29.8 Å². The van der Waals surface area contributed by atoms with Gasteiger partial charge >= 0.3 is 0 Å². The Bertz CT molecular complexity index is 673. The van der Waals surface area contributed by atoms with Crippen molar-refractivity contribution in [1.82, 2.24) is 14.9 Å². The van der Waals surface area contributed by atoms with E-state index in [1.54, 1.807) is 19.1 Å². The molecule has 6 nitrogen and oxygen atoms in total. The van der Waals surface area contributed by atoms with E-state index in [1.165, 1.54) is 0 Å². The van der Waals surface area contributed by atoms with Gasteiger partial charge in [-0.3, -0.25) is 4.79 Å². The first-order chi connectivity index (χ1) is 10.8. The number of piperazine rings is 1. The molecule has 0 saturated carbocycles. The van der Waals surface area contributed by atoms with Crippen LogP contribution in [0.5, 0.6) is 0 Å². The molecule has 2 N–H and O–H groups in total. The SMILES string of the molecule is Cc1ccc(C)c(S(=O)(=O)NCCC(=O)N2CCNC[C@H]2C)c1. The van der Waals surface area contributed by atoms with E-state index in [0.29, 0.717) is 12.1 Å². The zero-order chi connectivity index (χ0) is 17.0. The Morgan fingerprint density at radius 1 is 1.39 bits per heavy atom. The number of amides is 1. The number of carbonyl (C=O) groups excluding carboxylic acids is 1. The Morgan fingerprint density at radius 2 is 2.13 bits per heavy atom. The third kappa shape index (κ3) is 4.53. The Morgan fingerprint density at radius 3 is 2.83 bits per heavy atom. The average Bonchev–Trinajstić information content (AvgIpc) is 2.49. The molecule has 1 saturated heterocycles. The van der Waals surface area contributed by atoms with Crippen LogP contribution in [0.1, 0.15) is 24.5 Å². The maximum atomic E-state index is 12.4. The monoisotopic (exact) mass is 339 g/mol. The summed E-state index contributed by atoms with van der Waals surface area (Å²) in [4.78, 5) is 14.3. The minimum absolute atomic E-state index is 0.0114. The second-order valence-electron chi connectivity index (χ2n) is 6.06. The molecule has 1 atom stereocenters. The van der Waals surface area contributed by atoms with E-state index in [9.17, 15) is 13.2 Å². The van der Waals surface area contributed by atoms with E-state index in [0.717, 1.165) is 18.7 Å². The smallest absolute Gasteiger partial charge is 0.240 e. The van der Waals surface area contributed by atoms with Crippen LogP contribution in [0, 0.1) is 13.8 Å². The summed E-state index contributed by atoms with van der Waals surface area (Å²) in [6.07, 6.45) is 0.175. The van der Waals surface area contributed by atoms with Gasteiger partial charge < -0.3 is 10.2 Å². The zero-order valence-electron chi connectivity index (χ0n) is 13.9. The molecule has 1 heterocycles. The van der Waals surface area contributed by atoms with Gasteiger partial charge in [-0.25, -0.2) is 13.1 Å². The van der Waals surface area contributed by atoms with Crippen molar-refractivity contribution in [3.8, 4) is 0 Å². The Hall–Kier alpha value is -1.44. The summed E-state index contributed by atoms with van der Waals surface area (Å²) in [6.45, 7) is 7.96. The molecule has 1 aliphatic rings. The van der Waals surface area contributed by atoms with E-state index in [1.807, 2.05) is 24.8 Å². The highest BCUT2D eigenvalue weighted by molar-refractivity contribution is 7.89. The van der Waals surface area contributed by atoms with Crippen molar-refractivity contribution >= 4 is 15.9 Å². The number of aryl methyl sites for hydroxylation is 2. The predicted molar refractivity (Wildman–Crippen MR) is 89.8 cm³/mol. The molecule has 1 aromatic carbocycles. The molecule has 128 valence electrons. The maximum Gasteiger partial charge on any atom is 0.240 e. The lowest BCUT2D eigenvalue weighted by Crippen LogP contribution is -2.52. The van der Waals surface area contributed by atoms with Crippen molar-refractivity contribution in [2.45, 2.75) is 38.1 Å². The van der Waals surface area contributed by atoms with Crippen LogP contribution in [-0.4, -0.2) is 51.4 Å². The highest BCUT2D eigenvalue weighted by atomic mass is 32.2. The summed E-state index contributed by atoms with van der Waals surface area (Å²) in [5, 5.41) is 3.23. The van der Waals surface area contributed by atoms with Gasteiger partial charge in [-0.2, -0.15) is 0 Å². The topological polar surface area (TPSA) is 78.5 Å². The van der Waals surface area contributed by atoms with Crippen LogP contribution in [-0.2, 0) is 14.8 Å². The number of sulfonamides is 1. The molecule has 0 bridgehead atoms. The normalized spacial score (nSPS) is 18.9. The average molecular weight is 339 g/mol. The quantitative estimate of drug-likeness (QED) is 0.831. The van der Waals surface area contributed by atoms with E-state index in [4.69, 9.17) is 0 Å². The lowest BCUT2D eigenvalue weighted by Gasteiger charge is -2.34. The number of rotatable bonds is 5. The fourth-order valence-corrected chi connectivity index (χ4v) is 4.08. The minimum Gasteiger partial charge on any atom is -0.337 e. The summed E-state index contributed by atoms with van der Waals surface area (Å²) < 4.78 is 27.3. The summed E-state index contributed by atoms with van der Waals surface area (Å²) in [6, 6.07) is 5.46. The number of nitrogens with zero attached hydrogens (tertiary/aromatic N) is 1. The van der Waals surface area contributed by atoms with Crippen molar-refractivity contribution in [3.63, 3.8) is 0 Å². The second kappa shape index (κ2) is 7.42. The lowest BCUT2D eigenvalue weighted by molar-refractivity contribution is -0.133. The molecule has 0 spiro atoms. The van der Waals surface area contributed by atoms with Gasteiger partial charge in [-0.05, 0) is 38.0 Å². The van der Waals surface area contributed by atoms with Crippen molar-refractivity contribution in [1.29, 1.82) is 0 Å². The van der Waals surface area contributed by atoms with Gasteiger partial charge in [0, 0.05) is 38.6 Å². The highest BCUT2D eigenvalue weighted by Gasteiger charge is 2.23. The third-order valence-electron chi connectivity index (χ3n) is 4.09. The van der Waals surface area contributed by atoms with Crippen LogP contribution >= 0.6 is 0 Å². The molecule has 0 radical (unpaired) electrons. The molecule has 0 aliphatic carbocycles. The van der Waals surface area contributed by atoms with E-state index < -0.39 is 10.0 Å². The van der Waals surface area contributed by atoms with Gasteiger partial charge in [0.2, 0.25) is 15.9 Å². The van der Waals surface area contributed by atoms with Crippen LogP contribution in [0.4, 0.5) is 0 Å². The number of hydrogen-bond acceptors (Lipinski definition) is 4. The van der Waals surface area contributed by atoms with Crippen molar-refractivity contribution in [2.24, 2.45) is 0 Å². The Kier molecular flexibility index (Phi) is 5.78. The van der Waals surface area contributed by atoms with E-state index in [2.05, 4.69) is 10.0 Å². The van der Waals surface area contributed by atoms with Gasteiger partial charge in [-0.15, -0.1) is 0 Å².